The molecule has 2 rings (SSSR count). The van der Waals surface area contributed by atoms with Gasteiger partial charge in [0.05, 0.1) is 20.8 Å². The van der Waals surface area contributed by atoms with Gasteiger partial charge in [0.25, 0.3) is 0 Å². The van der Waals surface area contributed by atoms with Crippen LogP contribution in [0.1, 0.15) is 16.7 Å². The van der Waals surface area contributed by atoms with Crippen LogP contribution in [0.15, 0.2) is 30.3 Å². The molecule has 0 atom stereocenters. The van der Waals surface area contributed by atoms with E-state index in [9.17, 15) is 18.0 Å². The first kappa shape index (κ1) is 24.3. The first-order valence-corrected chi connectivity index (χ1v) is 9.52. The number of likely N-dealkylation sites (N-methyl/N-ethyl adjacent to an activating group) is 1. The van der Waals surface area contributed by atoms with Crippen molar-refractivity contribution in [1.82, 2.24) is 4.90 Å². The van der Waals surface area contributed by atoms with Crippen LogP contribution in [0.5, 0.6) is 17.2 Å². The number of carbonyl (C=O) groups excluding carboxylic acids is 1. The van der Waals surface area contributed by atoms with Crippen LogP contribution in [0.2, 0.25) is 0 Å². The number of halogens is 3. The van der Waals surface area contributed by atoms with E-state index in [1.807, 2.05) is 0 Å². The Kier molecular flexibility index (Phi) is 8.15. The van der Waals surface area contributed by atoms with Crippen molar-refractivity contribution in [2.45, 2.75) is 26.6 Å². The van der Waals surface area contributed by atoms with E-state index in [0.29, 0.717) is 34.9 Å². The molecule has 0 aliphatic heterocycles. The average Bonchev–Trinajstić information content (AvgIpc) is 2.65. The van der Waals surface area contributed by atoms with Gasteiger partial charge in [-0.2, -0.15) is 13.2 Å². The first-order valence-electron chi connectivity index (χ1n) is 9.52. The Labute approximate surface area is 179 Å². The number of nitrogens with zero attached hydrogens (tertiary/aromatic N) is 1. The molecule has 0 fully saturated rings. The summed E-state index contributed by atoms with van der Waals surface area (Å²) < 4.78 is 52.6. The lowest BCUT2D eigenvalue weighted by Gasteiger charge is -2.19. The lowest BCUT2D eigenvalue weighted by molar-refractivity contribution is -0.153. The second kappa shape index (κ2) is 10.4. The first-order chi connectivity index (χ1) is 14.5. The van der Waals surface area contributed by atoms with Gasteiger partial charge in [-0.3, -0.25) is 9.69 Å². The number of amides is 1. The van der Waals surface area contributed by atoms with Crippen LogP contribution >= 0.6 is 0 Å². The number of methoxy groups -OCH3 is 2. The SMILES string of the molecule is COc1cc(NC(=O)CN(C)Cc2cc(C)c(OCC(F)(F)F)c(C)c2)cc(OC)c1. The second-order valence-electron chi connectivity index (χ2n) is 7.28. The highest BCUT2D eigenvalue weighted by molar-refractivity contribution is 5.92. The molecule has 0 saturated heterocycles. The van der Waals surface area contributed by atoms with E-state index >= 15 is 0 Å². The van der Waals surface area contributed by atoms with E-state index in [2.05, 4.69) is 5.32 Å². The molecule has 2 aromatic rings. The zero-order chi connectivity index (χ0) is 23.2. The quantitative estimate of drug-likeness (QED) is 0.629. The van der Waals surface area contributed by atoms with Crippen LogP contribution in [-0.2, 0) is 11.3 Å². The molecule has 31 heavy (non-hydrogen) atoms. The molecule has 0 radical (unpaired) electrons. The zero-order valence-electron chi connectivity index (χ0n) is 18.2. The number of ether oxygens (including phenoxy) is 3. The summed E-state index contributed by atoms with van der Waals surface area (Å²) in [7, 11) is 4.83. The minimum Gasteiger partial charge on any atom is -0.497 e. The fraction of sp³-hybridized carbons (Fsp3) is 0.409. The van der Waals surface area contributed by atoms with Gasteiger partial charge >= 0.3 is 6.18 Å². The lowest BCUT2D eigenvalue weighted by atomic mass is 10.1. The number of carbonyl (C=O) groups is 1. The highest BCUT2D eigenvalue weighted by atomic mass is 19.4. The van der Waals surface area contributed by atoms with E-state index in [4.69, 9.17) is 14.2 Å². The molecule has 2 aromatic carbocycles. The standard InChI is InChI=1S/C22H27F3N2O4/c1-14-6-16(7-15(2)21(14)31-13-22(23,24)25)11-27(3)12-20(28)26-17-8-18(29-4)10-19(9-17)30-5/h6-10H,11-13H2,1-5H3,(H,26,28). The molecule has 0 heterocycles. The van der Waals surface area contributed by atoms with Crippen LogP contribution in [0.25, 0.3) is 0 Å². The van der Waals surface area contributed by atoms with Crippen molar-refractivity contribution in [3.8, 4) is 17.2 Å². The normalized spacial score (nSPS) is 11.4. The van der Waals surface area contributed by atoms with Gasteiger partial charge in [-0.05, 0) is 37.6 Å². The van der Waals surface area contributed by atoms with Crippen LogP contribution in [-0.4, -0.2) is 51.4 Å². The van der Waals surface area contributed by atoms with E-state index in [1.54, 1.807) is 56.1 Å². The van der Waals surface area contributed by atoms with Gasteiger partial charge in [0.15, 0.2) is 6.61 Å². The smallest absolute Gasteiger partial charge is 0.422 e. The van der Waals surface area contributed by atoms with Crippen molar-refractivity contribution >= 4 is 11.6 Å². The Bertz CT molecular complexity index is 871. The minimum absolute atomic E-state index is 0.115. The molecule has 1 amide bonds. The third-order valence-electron chi connectivity index (χ3n) is 4.40. The van der Waals surface area contributed by atoms with Crippen molar-refractivity contribution < 1.29 is 32.2 Å². The molecule has 0 aliphatic rings. The summed E-state index contributed by atoms with van der Waals surface area (Å²) in [5, 5.41) is 2.80. The summed E-state index contributed by atoms with van der Waals surface area (Å²) in [5.74, 6) is 1.12. The van der Waals surface area contributed by atoms with Gasteiger partial charge in [0.2, 0.25) is 5.91 Å². The zero-order valence-corrected chi connectivity index (χ0v) is 18.2. The van der Waals surface area contributed by atoms with Gasteiger partial charge in [-0.25, -0.2) is 0 Å². The van der Waals surface area contributed by atoms with Crippen molar-refractivity contribution in [1.29, 1.82) is 0 Å². The van der Waals surface area contributed by atoms with E-state index in [0.717, 1.165) is 5.56 Å². The molecule has 0 bridgehead atoms. The monoisotopic (exact) mass is 440 g/mol. The largest absolute Gasteiger partial charge is 0.497 e. The molecular weight excluding hydrogens is 413 g/mol. The molecule has 9 heteroatoms. The van der Waals surface area contributed by atoms with Crippen molar-refractivity contribution in [3.05, 3.63) is 47.0 Å². The number of hydrogen-bond acceptors (Lipinski definition) is 5. The molecule has 6 nitrogen and oxygen atoms in total. The highest BCUT2D eigenvalue weighted by Crippen LogP contribution is 2.28. The molecule has 0 aromatic heterocycles. The predicted molar refractivity (Wildman–Crippen MR) is 112 cm³/mol. The third-order valence-corrected chi connectivity index (χ3v) is 4.40. The Balaban J connectivity index is 1.99. The fourth-order valence-corrected chi connectivity index (χ4v) is 3.21. The third kappa shape index (κ3) is 7.67. The van der Waals surface area contributed by atoms with Crippen LogP contribution in [0.3, 0.4) is 0 Å². The van der Waals surface area contributed by atoms with Gasteiger partial charge in [0.1, 0.15) is 17.2 Å². The molecule has 0 unspecified atom stereocenters. The summed E-state index contributed by atoms with van der Waals surface area (Å²) in [6.07, 6.45) is -4.39. The molecular formula is C22H27F3N2O4. The van der Waals surface area contributed by atoms with Crippen LogP contribution < -0.4 is 19.5 Å². The Morgan fingerprint density at radius 1 is 1.00 bits per heavy atom. The lowest BCUT2D eigenvalue weighted by Crippen LogP contribution is -2.30. The average molecular weight is 440 g/mol. The van der Waals surface area contributed by atoms with Crippen LogP contribution in [0, 0.1) is 13.8 Å². The van der Waals surface area contributed by atoms with E-state index in [1.165, 1.54) is 14.2 Å². The Hall–Kier alpha value is -2.94. The summed E-state index contributed by atoms with van der Waals surface area (Å²) in [4.78, 5) is 14.2. The number of hydrogen-bond donors (Lipinski definition) is 1. The highest BCUT2D eigenvalue weighted by Gasteiger charge is 2.29. The molecule has 0 saturated carbocycles. The Morgan fingerprint density at radius 3 is 2.03 bits per heavy atom. The minimum atomic E-state index is -4.39. The van der Waals surface area contributed by atoms with Gasteiger partial charge in [-0.1, -0.05) is 12.1 Å². The maximum Gasteiger partial charge on any atom is 0.422 e. The second-order valence-corrected chi connectivity index (χ2v) is 7.28. The number of aryl methyl sites for hydroxylation is 2. The maximum absolute atomic E-state index is 12.4. The fourth-order valence-electron chi connectivity index (χ4n) is 3.21. The maximum atomic E-state index is 12.4. The van der Waals surface area contributed by atoms with Crippen molar-refractivity contribution in [2.24, 2.45) is 0 Å². The predicted octanol–water partition coefficient (Wildman–Crippen LogP) is 4.33. The Morgan fingerprint density at radius 2 is 1.55 bits per heavy atom. The summed E-state index contributed by atoms with van der Waals surface area (Å²) in [5.41, 5.74) is 2.64. The topological polar surface area (TPSA) is 60.0 Å². The molecule has 0 aliphatic carbocycles. The van der Waals surface area contributed by atoms with E-state index in [-0.39, 0.29) is 18.2 Å². The van der Waals surface area contributed by atoms with Crippen molar-refractivity contribution in [2.75, 3.05) is 39.7 Å². The number of rotatable bonds is 9. The van der Waals surface area contributed by atoms with Gasteiger partial charge in [0, 0.05) is 30.4 Å². The van der Waals surface area contributed by atoms with E-state index < -0.39 is 12.8 Å². The number of nitrogens with one attached hydrogen (secondary N) is 1. The number of anilines is 1. The molecule has 1 N–H and O–H groups in total. The van der Waals surface area contributed by atoms with Crippen LogP contribution in [0.4, 0.5) is 18.9 Å². The molecule has 0 spiro atoms. The summed E-state index contributed by atoms with van der Waals surface area (Å²) in [6.45, 7) is 2.62. The van der Waals surface area contributed by atoms with Gasteiger partial charge < -0.3 is 19.5 Å². The number of benzene rings is 2. The number of alkyl halides is 3. The summed E-state index contributed by atoms with van der Waals surface area (Å²) >= 11 is 0. The van der Waals surface area contributed by atoms with Gasteiger partial charge in [-0.15, -0.1) is 0 Å². The summed E-state index contributed by atoms with van der Waals surface area (Å²) in [6, 6.07) is 8.61. The molecule has 170 valence electrons. The van der Waals surface area contributed by atoms with Crippen molar-refractivity contribution in [3.63, 3.8) is 0 Å².